The van der Waals surface area contributed by atoms with Gasteiger partial charge < -0.3 is 19.5 Å². The molecule has 196 valence electrons. The quantitative estimate of drug-likeness (QED) is 0.242. The molecule has 2 aromatic rings. The number of imide groups is 1. The summed E-state index contributed by atoms with van der Waals surface area (Å²) in [6.45, 7) is 3.63. The Hall–Kier alpha value is -3.79. The third-order valence-electron chi connectivity index (χ3n) is 5.41. The number of ether oxygens (including phenoxy) is 3. The third kappa shape index (κ3) is 7.85. The number of esters is 1. The van der Waals surface area contributed by atoms with Crippen molar-refractivity contribution < 1.29 is 33.4 Å². The lowest BCUT2D eigenvalue weighted by Gasteiger charge is -2.12. The Bertz CT molecular complexity index is 1180. The maximum absolute atomic E-state index is 12.7. The van der Waals surface area contributed by atoms with Crippen LogP contribution in [0.2, 0.25) is 0 Å². The number of carbonyl (C=O) groups is 4. The van der Waals surface area contributed by atoms with Gasteiger partial charge in [-0.2, -0.15) is 0 Å². The van der Waals surface area contributed by atoms with E-state index in [1.807, 2.05) is 31.2 Å². The fourth-order valence-corrected chi connectivity index (χ4v) is 4.19. The molecule has 0 aliphatic carbocycles. The van der Waals surface area contributed by atoms with Crippen molar-refractivity contribution in [3.8, 4) is 11.5 Å². The van der Waals surface area contributed by atoms with E-state index >= 15 is 0 Å². The maximum atomic E-state index is 12.7. The topological polar surface area (TPSA) is 111 Å². The van der Waals surface area contributed by atoms with Crippen LogP contribution in [0.4, 0.5) is 10.5 Å². The van der Waals surface area contributed by atoms with Crippen molar-refractivity contribution in [2.24, 2.45) is 0 Å². The molecule has 1 heterocycles. The van der Waals surface area contributed by atoms with Gasteiger partial charge in [-0.3, -0.25) is 24.1 Å². The van der Waals surface area contributed by atoms with Crippen LogP contribution in [0.1, 0.15) is 37.8 Å². The Labute approximate surface area is 220 Å². The van der Waals surface area contributed by atoms with Gasteiger partial charge >= 0.3 is 5.97 Å². The van der Waals surface area contributed by atoms with Gasteiger partial charge in [-0.05, 0) is 66.1 Å². The first-order valence-corrected chi connectivity index (χ1v) is 12.8. The molecule has 9 nitrogen and oxygen atoms in total. The minimum Gasteiger partial charge on any atom is -0.493 e. The van der Waals surface area contributed by atoms with E-state index in [1.165, 1.54) is 18.7 Å². The van der Waals surface area contributed by atoms with E-state index in [2.05, 4.69) is 12.2 Å². The number of benzene rings is 2. The highest BCUT2D eigenvalue weighted by molar-refractivity contribution is 8.18. The summed E-state index contributed by atoms with van der Waals surface area (Å²) >= 11 is 0.748. The number of hydrogen-bond acceptors (Lipinski definition) is 8. The molecule has 0 atom stereocenters. The molecule has 2 aromatic carbocycles. The molecule has 37 heavy (non-hydrogen) atoms. The number of hydrogen-bond donors (Lipinski definition) is 1. The number of nitrogens with one attached hydrogen (secondary N) is 1. The summed E-state index contributed by atoms with van der Waals surface area (Å²) in [5, 5.41) is 2.24. The van der Waals surface area contributed by atoms with Crippen LogP contribution in [0.5, 0.6) is 11.5 Å². The van der Waals surface area contributed by atoms with Crippen LogP contribution < -0.4 is 14.8 Å². The minimum atomic E-state index is -0.623. The second-order valence-electron chi connectivity index (χ2n) is 8.14. The molecule has 1 aliphatic heterocycles. The van der Waals surface area contributed by atoms with Gasteiger partial charge in [0.2, 0.25) is 0 Å². The first-order valence-electron chi connectivity index (χ1n) is 11.9. The van der Waals surface area contributed by atoms with Gasteiger partial charge in [0.15, 0.2) is 18.1 Å². The van der Waals surface area contributed by atoms with Crippen molar-refractivity contribution in [1.82, 2.24) is 4.90 Å². The number of methoxy groups -OCH3 is 1. The van der Waals surface area contributed by atoms with Gasteiger partial charge in [0, 0.05) is 5.69 Å². The van der Waals surface area contributed by atoms with Gasteiger partial charge in [0.1, 0.15) is 6.54 Å². The highest BCUT2D eigenvalue weighted by Gasteiger charge is 2.36. The Kier molecular flexibility index (Phi) is 10.1. The van der Waals surface area contributed by atoms with E-state index in [1.54, 1.807) is 18.2 Å². The zero-order valence-electron chi connectivity index (χ0n) is 21.1. The lowest BCUT2D eigenvalue weighted by atomic mass is 10.1. The molecule has 0 aromatic heterocycles. The van der Waals surface area contributed by atoms with Crippen LogP contribution in [-0.2, 0) is 25.5 Å². The number of nitrogens with zero attached hydrogens (tertiary/aromatic N) is 1. The van der Waals surface area contributed by atoms with E-state index in [4.69, 9.17) is 14.2 Å². The van der Waals surface area contributed by atoms with Crippen molar-refractivity contribution in [2.45, 2.75) is 33.1 Å². The molecule has 1 fully saturated rings. The normalized spacial score (nSPS) is 14.1. The van der Waals surface area contributed by atoms with E-state index in [-0.39, 0.29) is 24.0 Å². The largest absolute Gasteiger partial charge is 0.493 e. The zero-order valence-corrected chi connectivity index (χ0v) is 21.9. The number of amides is 3. The van der Waals surface area contributed by atoms with E-state index < -0.39 is 23.7 Å². The highest BCUT2D eigenvalue weighted by Crippen LogP contribution is 2.34. The summed E-state index contributed by atoms with van der Waals surface area (Å²) in [7, 11) is 1.46. The second-order valence-corrected chi connectivity index (χ2v) is 9.13. The lowest BCUT2D eigenvalue weighted by molar-refractivity contribution is -0.146. The predicted octanol–water partition coefficient (Wildman–Crippen LogP) is 4.65. The number of aryl methyl sites for hydroxylation is 1. The minimum absolute atomic E-state index is 0.176. The van der Waals surface area contributed by atoms with Gasteiger partial charge in [-0.1, -0.05) is 38.5 Å². The number of unbranched alkanes of at least 4 members (excludes halogenated alkanes) is 1. The molecular formula is C27H30N2O7S. The first-order chi connectivity index (χ1) is 17.8. The number of anilines is 1. The summed E-state index contributed by atoms with van der Waals surface area (Å²) < 4.78 is 16.1. The average Bonchev–Trinajstić information content (AvgIpc) is 3.15. The molecule has 0 unspecified atom stereocenters. The number of rotatable bonds is 12. The van der Waals surface area contributed by atoms with Gasteiger partial charge in [0.25, 0.3) is 17.1 Å². The summed E-state index contributed by atoms with van der Waals surface area (Å²) in [5.41, 5.74) is 2.44. The van der Waals surface area contributed by atoms with Crippen molar-refractivity contribution in [2.75, 3.05) is 32.2 Å². The molecule has 0 saturated carbocycles. The van der Waals surface area contributed by atoms with Crippen molar-refractivity contribution >= 4 is 46.5 Å². The monoisotopic (exact) mass is 526 g/mol. The molecule has 1 aliphatic rings. The molecule has 0 spiro atoms. The molecule has 3 amide bonds. The van der Waals surface area contributed by atoms with Crippen molar-refractivity contribution in [3.63, 3.8) is 0 Å². The zero-order chi connectivity index (χ0) is 26.8. The van der Waals surface area contributed by atoms with Crippen LogP contribution in [-0.4, -0.2) is 54.8 Å². The molecular weight excluding hydrogens is 496 g/mol. The Morgan fingerprint density at radius 2 is 1.81 bits per heavy atom. The fraction of sp³-hybridized carbons (Fsp3) is 0.333. The van der Waals surface area contributed by atoms with E-state index in [0.29, 0.717) is 29.2 Å². The molecule has 1 N–H and O–H groups in total. The smallest absolute Gasteiger partial charge is 0.326 e. The van der Waals surface area contributed by atoms with Gasteiger partial charge in [-0.25, -0.2) is 0 Å². The maximum Gasteiger partial charge on any atom is 0.326 e. The molecule has 0 bridgehead atoms. The van der Waals surface area contributed by atoms with Gasteiger partial charge in [-0.15, -0.1) is 0 Å². The number of carbonyl (C=O) groups excluding carboxylic acids is 4. The van der Waals surface area contributed by atoms with Crippen LogP contribution in [0.25, 0.3) is 6.08 Å². The summed E-state index contributed by atoms with van der Waals surface area (Å²) in [5.74, 6) is -0.809. The Morgan fingerprint density at radius 1 is 1.05 bits per heavy atom. The summed E-state index contributed by atoms with van der Waals surface area (Å²) in [6, 6.07) is 12.5. The standard InChI is InChI=1S/C27H30N2O7S/c1-4-6-13-35-25(31)16-29-26(32)23(37-27(29)33)15-19-9-12-21(22(14-19)34-3)36-17-24(30)28-20-10-7-18(5-2)8-11-20/h7-12,14-15H,4-6,13,16-17H2,1-3H3,(H,28,30)/b23-15-. The van der Waals surface area contributed by atoms with E-state index in [0.717, 1.165) is 29.5 Å². The van der Waals surface area contributed by atoms with Crippen LogP contribution >= 0.6 is 11.8 Å². The highest BCUT2D eigenvalue weighted by atomic mass is 32.2. The van der Waals surface area contributed by atoms with Crippen LogP contribution in [0.15, 0.2) is 47.4 Å². The Balaban J connectivity index is 1.60. The summed E-state index contributed by atoms with van der Waals surface area (Å²) in [4.78, 5) is 50.2. The van der Waals surface area contributed by atoms with Crippen LogP contribution in [0, 0.1) is 0 Å². The second kappa shape index (κ2) is 13.5. The van der Waals surface area contributed by atoms with Gasteiger partial charge in [0.05, 0.1) is 18.6 Å². The van der Waals surface area contributed by atoms with Crippen molar-refractivity contribution in [3.05, 3.63) is 58.5 Å². The Morgan fingerprint density at radius 3 is 2.49 bits per heavy atom. The molecule has 3 rings (SSSR count). The average molecular weight is 527 g/mol. The van der Waals surface area contributed by atoms with E-state index in [9.17, 15) is 19.2 Å². The number of thioether (sulfide) groups is 1. The summed E-state index contributed by atoms with van der Waals surface area (Å²) in [6.07, 6.45) is 4.03. The third-order valence-corrected chi connectivity index (χ3v) is 6.32. The SMILES string of the molecule is CCCCOC(=O)CN1C(=O)S/C(=C\c2ccc(OCC(=O)Nc3ccc(CC)cc3)c(OC)c2)C1=O. The molecule has 10 heteroatoms. The fourth-order valence-electron chi connectivity index (χ4n) is 3.35. The molecule has 1 saturated heterocycles. The first kappa shape index (κ1) is 27.8. The van der Waals surface area contributed by atoms with Crippen LogP contribution in [0.3, 0.4) is 0 Å². The van der Waals surface area contributed by atoms with Crippen molar-refractivity contribution in [1.29, 1.82) is 0 Å². The molecule has 0 radical (unpaired) electrons. The predicted molar refractivity (Wildman–Crippen MR) is 141 cm³/mol. The lowest BCUT2D eigenvalue weighted by Crippen LogP contribution is -2.34.